The third-order valence-corrected chi connectivity index (χ3v) is 2.32. The van der Waals surface area contributed by atoms with Crippen molar-refractivity contribution in [1.29, 1.82) is 0 Å². The van der Waals surface area contributed by atoms with Gasteiger partial charge in [0.25, 0.3) is 5.91 Å². The number of carbonyl (C=O) groups is 2. The van der Waals surface area contributed by atoms with Crippen LogP contribution in [0.4, 0.5) is 9.18 Å². The Labute approximate surface area is 99.2 Å². The molecule has 7 heteroatoms. The van der Waals surface area contributed by atoms with E-state index < -0.39 is 29.8 Å². The van der Waals surface area contributed by atoms with Crippen LogP contribution in [0.1, 0.15) is 27.2 Å². The second kappa shape index (κ2) is 4.87. The number of hydrogen-bond acceptors (Lipinski definition) is 4. The van der Waals surface area contributed by atoms with Crippen LogP contribution in [-0.4, -0.2) is 41.3 Å². The zero-order valence-electron chi connectivity index (χ0n) is 10.2. The zero-order chi connectivity index (χ0) is 13.2. The van der Waals surface area contributed by atoms with Crippen LogP contribution >= 0.6 is 0 Å². The molecule has 1 rings (SSSR count). The zero-order valence-corrected chi connectivity index (χ0v) is 10.2. The van der Waals surface area contributed by atoms with Crippen molar-refractivity contribution in [3.8, 4) is 0 Å². The van der Waals surface area contributed by atoms with Crippen molar-refractivity contribution in [2.75, 3.05) is 6.54 Å². The molecule has 0 spiro atoms. The molecule has 2 atom stereocenters. The Hall–Kier alpha value is -1.37. The summed E-state index contributed by atoms with van der Waals surface area (Å²) in [7, 11) is 0. The molecular formula is C10H18FN3O3. The summed E-state index contributed by atoms with van der Waals surface area (Å²) in [6, 6.07) is -0.898. The maximum atomic E-state index is 13.2. The Morgan fingerprint density at radius 2 is 2.06 bits per heavy atom. The molecular weight excluding hydrogens is 229 g/mol. The smallest absolute Gasteiger partial charge is 0.411 e. The molecule has 1 heterocycles. The second-order valence-corrected chi connectivity index (χ2v) is 4.99. The lowest BCUT2D eigenvalue weighted by Gasteiger charge is -2.27. The minimum absolute atomic E-state index is 0.0533. The number of rotatable bonds is 1. The van der Waals surface area contributed by atoms with Gasteiger partial charge in [0.2, 0.25) is 0 Å². The average molecular weight is 247 g/mol. The van der Waals surface area contributed by atoms with Crippen LogP contribution in [0.5, 0.6) is 0 Å². The molecule has 1 saturated heterocycles. The predicted molar refractivity (Wildman–Crippen MR) is 58.6 cm³/mol. The van der Waals surface area contributed by atoms with E-state index in [4.69, 9.17) is 10.6 Å². The number of ether oxygens (including phenoxy) is 1. The maximum Gasteiger partial charge on any atom is 0.411 e. The summed E-state index contributed by atoms with van der Waals surface area (Å²) in [5.74, 6) is 4.40. The minimum Gasteiger partial charge on any atom is -0.444 e. The Morgan fingerprint density at radius 3 is 2.53 bits per heavy atom. The molecule has 0 bridgehead atoms. The van der Waals surface area contributed by atoms with Crippen molar-refractivity contribution in [3.05, 3.63) is 0 Å². The van der Waals surface area contributed by atoms with Gasteiger partial charge in [0.15, 0.2) is 0 Å². The molecule has 0 radical (unpaired) electrons. The molecule has 2 amide bonds. The number of likely N-dealkylation sites (tertiary alicyclic amines) is 1. The van der Waals surface area contributed by atoms with E-state index in [1.54, 1.807) is 20.8 Å². The van der Waals surface area contributed by atoms with Gasteiger partial charge in [0, 0.05) is 6.42 Å². The molecule has 98 valence electrons. The first-order chi connectivity index (χ1) is 7.74. The fraction of sp³-hybridized carbons (Fsp3) is 0.800. The Kier molecular flexibility index (Phi) is 3.92. The standard InChI is InChI=1S/C10H18FN3O3/c1-10(2,3)17-9(16)14-5-6(11)4-7(14)8(15)13-12/h6-7H,4-5,12H2,1-3H3,(H,13,15)/t6-,7+/m1/s1. The summed E-state index contributed by atoms with van der Waals surface area (Å²) in [4.78, 5) is 24.2. The number of nitrogens with two attached hydrogens (primary N) is 1. The Morgan fingerprint density at radius 1 is 1.47 bits per heavy atom. The van der Waals surface area contributed by atoms with Gasteiger partial charge in [-0.15, -0.1) is 0 Å². The predicted octanol–water partition coefficient (Wildman–Crippen LogP) is 0.324. The molecule has 1 fully saturated rings. The molecule has 0 aliphatic carbocycles. The van der Waals surface area contributed by atoms with Gasteiger partial charge in [-0.05, 0) is 20.8 Å². The number of halogens is 1. The molecule has 3 N–H and O–H groups in total. The largest absolute Gasteiger partial charge is 0.444 e. The highest BCUT2D eigenvalue weighted by Crippen LogP contribution is 2.23. The third-order valence-electron chi connectivity index (χ3n) is 2.32. The summed E-state index contributed by atoms with van der Waals surface area (Å²) in [5, 5.41) is 0. The minimum atomic E-state index is -1.23. The molecule has 0 aromatic carbocycles. The van der Waals surface area contributed by atoms with Crippen LogP contribution in [0, 0.1) is 0 Å². The van der Waals surface area contributed by atoms with Crippen LogP contribution in [-0.2, 0) is 9.53 Å². The molecule has 1 aliphatic heterocycles. The third kappa shape index (κ3) is 3.55. The summed E-state index contributed by atoms with van der Waals surface area (Å²) in [6.07, 6.45) is -1.99. The highest BCUT2D eigenvalue weighted by atomic mass is 19.1. The van der Waals surface area contributed by atoms with Crippen molar-refractivity contribution in [3.63, 3.8) is 0 Å². The van der Waals surface area contributed by atoms with E-state index in [-0.39, 0.29) is 13.0 Å². The van der Waals surface area contributed by atoms with Gasteiger partial charge in [0.1, 0.15) is 17.8 Å². The van der Waals surface area contributed by atoms with Crippen molar-refractivity contribution in [2.45, 2.75) is 45.0 Å². The number of hydrogen-bond donors (Lipinski definition) is 2. The van der Waals surface area contributed by atoms with E-state index in [2.05, 4.69) is 0 Å². The van der Waals surface area contributed by atoms with Gasteiger partial charge in [-0.2, -0.15) is 0 Å². The number of alkyl halides is 1. The van der Waals surface area contributed by atoms with E-state index in [0.29, 0.717) is 0 Å². The second-order valence-electron chi connectivity index (χ2n) is 4.99. The first-order valence-electron chi connectivity index (χ1n) is 5.38. The summed E-state index contributed by atoms with van der Waals surface area (Å²) in [6.45, 7) is 4.96. The normalized spacial score (nSPS) is 24.6. The molecule has 6 nitrogen and oxygen atoms in total. The van der Waals surface area contributed by atoms with Crippen molar-refractivity contribution < 1.29 is 18.7 Å². The molecule has 0 aromatic heterocycles. The van der Waals surface area contributed by atoms with Crippen LogP contribution in [0.25, 0.3) is 0 Å². The highest BCUT2D eigenvalue weighted by Gasteiger charge is 2.41. The monoisotopic (exact) mass is 247 g/mol. The van der Waals surface area contributed by atoms with Crippen molar-refractivity contribution in [2.24, 2.45) is 5.84 Å². The summed E-state index contributed by atoms with van der Waals surface area (Å²) in [5.41, 5.74) is 1.23. The molecule has 17 heavy (non-hydrogen) atoms. The fourth-order valence-electron chi connectivity index (χ4n) is 1.65. The topological polar surface area (TPSA) is 84.7 Å². The Balaban J connectivity index is 2.73. The number of carbonyl (C=O) groups excluding carboxylic acids is 2. The Bertz CT molecular complexity index is 316. The number of nitrogens with one attached hydrogen (secondary N) is 1. The van der Waals surface area contributed by atoms with Gasteiger partial charge in [-0.3, -0.25) is 15.1 Å². The number of nitrogens with zero attached hydrogens (tertiary/aromatic N) is 1. The highest BCUT2D eigenvalue weighted by molar-refractivity contribution is 5.86. The van der Waals surface area contributed by atoms with Crippen molar-refractivity contribution in [1.82, 2.24) is 10.3 Å². The SMILES string of the molecule is CC(C)(C)OC(=O)N1C[C@H](F)C[C@H]1C(=O)NN. The van der Waals surface area contributed by atoms with E-state index in [1.807, 2.05) is 5.43 Å². The summed E-state index contributed by atoms with van der Waals surface area (Å²) >= 11 is 0. The number of hydrazine groups is 1. The molecule has 0 saturated carbocycles. The first-order valence-corrected chi connectivity index (χ1v) is 5.38. The first kappa shape index (κ1) is 13.7. The lowest BCUT2D eigenvalue weighted by molar-refractivity contribution is -0.125. The van der Waals surface area contributed by atoms with E-state index >= 15 is 0 Å². The van der Waals surface area contributed by atoms with E-state index in [1.165, 1.54) is 0 Å². The summed E-state index contributed by atoms with van der Waals surface area (Å²) < 4.78 is 18.3. The van der Waals surface area contributed by atoms with Crippen LogP contribution in [0.15, 0.2) is 0 Å². The van der Waals surface area contributed by atoms with Gasteiger partial charge in [-0.1, -0.05) is 0 Å². The lowest BCUT2D eigenvalue weighted by Crippen LogP contribution is -2.49. The van der Waals surface area contributed by atoms with Crippen molar-refractivity contribution >= 4 is 12.0 Å². The maximum absolute atomic E-state index is 13.2. The van der Waals surface area contributed by atoms with Gasteiger partial charge in [0.05, 0.1) is 6.54 Å². The molecule has 1 aliphatic rings. The van der Waals surface area contributed by atoms with Gasteiger partial charge < -0.3 is 4.74 Å². The lowest BCUT2D eigenvalue weighted by atomic mass is 10.2. The number of amides is 2. The average Bonchev–Trinajstić information content (AvgIpc) is 2.56. The van der Waals surface area contributed by atoms with Crippen LogP contribution < -0.4 is 11.3 Å². The quantitative estimate of drug-likeness (QED) is 0.397. The van der Waals surface area contributed by atoms with Crippen LogP contribution in [0.2, 0.25) is 0 Å². The molecule has 0 aromatic rings. The fourth-order valence-corrected chi connectivity index (χ4v) is 1.65. The van der Waals surface area contributed by atoms with E-state index in [9.17, 15) is 14.0 Å². The van der Waals surface area contributed by atoms with Gasteiger partial charge >= 0.3 is 6.09 Å². The van der Waals surface area contributed by atoms with E-state index in [0.717, 1.165) is 4.90 Å². The van der Waals surface area contributed by atoms with Gasteiger partial charge in [-0.25, -0.2) is 15.0 Å². The van der Waals surface area contributed by atoms with Crippen LogP contribution in [0.3, 0.4) is 0 Å². The molecule has 0 unspecified atom stereocenters.